The van der Waals surface area contributed by atoms with Gasteiger partial charge in [-0.05, 0) is 17.7 Å². The molecule has 0 radical (unpaired) electrons. The fourth-order valence-electron chi connectivity index (χ4n) is 2.44. The van der Waals surface area contributed by atoms with Crippen molar-refractivity contribution in [1.29, 1.82) is 0 Å². The first-order chi connectivity index (χ1) is 9.70. The minimum Gasteiger partial charge on any atom is -0.277 e. The van der Waals surface area contributed by atoms with Crippen molar-refractivity contribution in [3.63, 3.8) is 0 Å². The number of anilines is 1. The van der Waals surface area contributed by atoms with Gasteiger partial charge in [-0.2, -0.15) is 0 Å². The molecular formula is C16H14N2O2. The fourth-order valence-corrected chi connectivity index (χ4v) is 2.44. The van der Waals surface area contributed by atoms with Crippen LogP contribution in [-0.2, 0) is 4.79 Å². The summed E-state index contributed by atoms with van der Waals surface area (Å²) in [6.07, 6.45) is 0. The topological polar surface area (TPSA) is 40.6 Å². The van der Waals surface area contributed by atoms with Crippen molar-refractivity contribution in [2.75, 3.05) is 11.9 Å². The van der Waals surface area contributed by atoms with Crippen LogP contribution >= 0.6 is 0 Å². The third-order valence-corrected chi connectivity index (χ3v) is 3.47. The first-order valence-corrected chi connectivity index (χ1v) is 6.41. The molecule has 1 unspecified atom stereocenters. The van der Waals surface area contributed by atoms with Crippen molar-refractivity contribution in [2.45, 2.75) is 6.04 Å². The van der Waals surface area contributed by atoms with Crippen molar-refractivity contribution < 1.29 is 9.59 Å². The predicted octanol–water partition coefficient (Wildman–Crippen LogP) is 2.83. The van der Waals surface area contributed by atoms with Gasteiger partial charge in [0, 0.05) is 12.7 Å². The zero-order valence-corrected chi connectivity index (χ0v) is 11.1. The highest BCUT2D eigenvalue weighted by Crippen LogP contribution is 2.34. The van der Waals surface area contributed by atoms with E-state index in [1.165, 1.54) is 16.8 Å². The van der Waals surface area contributed by atoms with E-state index in [0.29, 0.717) is 0 Å². The summed E-state index contributed by atoms with van der Waals surface area (Å²) in [6, 6.07) is 17.7. The Hall–Kier alpha value is -2.62. The molecule has 0 N–H and O–H groups in total. The predicted molar refractivity (Wildman–Crippen MR) is 76.3 cm³/mol. The number of carbonyl (C=O) groups excluding carboxylic acids is 2. The van der Waals surface area contributed by atoms with Crippen LogP contribution in [0.4, 0.5) is 10.5 Å². The maximum atomic E-state index is 12.4. The molecule has 1 aliphatic heterocycles. The number of hydrogen-bond donors (Lipinski definition) is 0. The van der Waals surface area contributed by atoms with Gasteiger partial charge in [-0.3, -0.25) is 14.6 Å². The molecule has 0 aliphatic carbocycles. The molecule has 2 aromatic rings. The SMILES string of the molecule is CN1C(=O)C(c2ccccc2)N(c2ccccc2)C1=O. The van der Waals surface area contributed by atoms with Crippen LogP contribution < -0.4 is 4.90 Å². The van der Waals surface area contributed by atoms with Gasteiger partial charge in [-0.1, -0.05) is 48.5 Å². The standard InChI is InChI=1S/C16H14N2O2/c1-17-15(19)14(12-8-4-2-5-9-12)18(16(17)20)13-10-6-3-7-11-13/h2-11,14H,1H3. The number of benzene rings is 2. The Morgan fingerprint density at radius 2 is 1.40 bits per heavy atom. The number of carbonyl (C=O) groups is 2. The zero-order chi connectivity index (χ0) is 14.1. The van der Waals surface area contributed by atoms with Gasteiger partial charge in [0.25, 0.3) is 5.91 Å². The molecule has 3 amide bonds. The first-order valence-electron chi connectivity index (χ1n) is 6.41. The number of urea groups is 1. The van der Waals surface area contributed by atoms with E-state index >= 15 is 0 Å². The molecule has 1 atom stereocenters. The number of para-hydroxylation sites is 1. The Morgan fingerprint density at radius 1 is 0.850 bits per heavy atom. The number of hydrogen-bond acceptors (Lipinski definition) is 2. The average molecular weight is 266 g/mol. The van der Waals surface area contributed by atoms with Crippen molar-refractivity contribution in [2.24, 2.45) is 0 Å². The van der Waals surface area contributed by atoms with Gasteiger partial charge in [0.2, 0.25) is 0 Å². The Labute approximate surface area is 117 Å². The lowest BCUT2D eigenvalue weighted by Gasteiger charge is -2.22. The Morgan fingerprint density at radius 3 is 2.00 bits per heavy atom. The summed E-state index contributed by atoms with van der Waals surface area (Å²) in [5.41, 5.74) is 1.54. The highest BCUT2D eigenvalue weighted by molar-refractivity contribution is 6.14. The van der Waals surface area contributed by atoms with E-state index in [1.54, 1.807) is 0 Å². The van der Waals surface area contributed by atoms with E-state index in [9.17, 15) is 9.59 Å². The van der Waals surface area contributed by atoms with E-state index in [2.05, 4.69) is 0 Å². The van der Waals surface area contributed by atoms with Crippen LogP contribution in [0.2, 0.25) is 0 Å². The molecule has 4 nitrogen and oxygen atoms in total. The summed E-state index contributed by atoms with van der Waals surface area (Å²) >= 11 is 0. The van der Waals surface area contributed by atoms with E-state index < -0.39 is 6.04 Å². The number of imide groups is 1. The van der Waals surface area contributed by atoms with Crippen LogP contribution in [0.3, 0.4) is 0 Å². The molecule has 0 spiro atoms. The summed E-state index contributed by atoms with van der Waals surface area (Å²) in [5, 5.41) is 0. The molecule has 1 fully saturated rings. The van der Waals surface area contributed by atoms with Gasteiger partial charge >= 0.3 is 6.03 Å². The number of nitrogens with zero attached hydrogens (tertiary/aromatic N) is 2. The van der Waals surface area contributed by atoms with Crippen molar-refractivity contribution in [1.82, 2.24) is 4.90 Å². The molecule has 0 bridgehead atoms. The van der Waals surface area contributed by atoms with E-state index in [1.807, 2.05) is 60.7 Å². The van der Waals surface area contributed by atoms with Crippen LogP contribution in [0.25, 0.3) is 0 Å². The molecule has 3 rings (SSSR count). The zero-order valence-electron chi connectivity index (χ0n) is 11.1. The van der Waals surface area contributed by atoms with E-state index in [-0.39, 0.29) is 11.9 Å². The molecule has 2 aromatic carbocycles. The maximum Gasteiger partial charge on any atom is 0.332 e. The molecule has 1 saturated heterocycles. The maximum absolute atomic E-state index is 12.4. The molecule has 1 heterocycles. The molecule has 0 aromatic heterocycles. The van der Waals surface area contributed by atoms with Crippen LogP contribution in [0.15, 0.2) is 60.7 Å². The highest BCUT2D eigenvalue weighted by Gasteiger charge is 2.44. The number of amides is 3. The van der Waals surface area contributed by atoms with E-state index in [0.717, 1.165) is 11.3 Å². The van der Waals surface area contributed by atoms with Crippen molar-refractivity contribution >= 4 is 17.6 Å². The number of rotatable bonds is 2. The second-order valence-electron chi connectivity index (χ2n) is 4.70. The van der Waals surface area contributed by atoms with Gasteiger partial charge in [-0.25, -0.2) is 4.79 Å². The number of likely N-dealkylation sites (N-methyl/N-ethyl adjacent to an activating group) is 1. The van der Waals surface area contributed by atoms with Crippen molar-refractivity contribution in [3.8, 4) is 0 Å². The van der Waals surface area contributed by atoms with Crippen LogP contribution in [0, 0.1) is 0 Å². The Balaban J connectivity index is 2.10. The Bertz CT molecular complexity index is 583. The minimum atomic E-state index is -0.587. The smallest absolute Gasteiger partial charge is 0.277 e. The summed E-state index contributed by atoms with van der Waals surface area (Å²) in [7, 11) is 1.52. The fraction of sp³-hybridized carbons (Fsp3) is 0.125. The Kier molecular flexibility index (Phi) is 2.99. The van der Waals surface area contributed by atoms with Gasteiger partial charge in [0.1, 0.15) is 6.04 Å². The molecule has 4 heteroatoms. The van der Waals surface area contributed by atoms with Gasteiger partial charge in [0.15, 0.2) is 0 Å². The quantitative estimate of drug-likeness (QED) is 0.784. The third-order valence-electron chi connectivity index (χ3n) is 3.47. The molecule has 20 heavy (non-hydrogen) atoms. The summed E-state index contributed by atoms with van der Waals surface area (Å²) in [4.78, 5) is 27.4. The second kappa shape index (κ2) is 4.81. The highest BCUT2D eigenvalue weighted by atomic mass is 16.2. The molecule has 0 saturated carbocycles. The third kappa shape index (κ3) is 1.86. The lowest BCUT2D eigenvalue weighted by Crippen LogP contribution is -2.30. The van der Waals surface area contributed by atoms with Crippen LogP contribution in [0.1, 0.15) is 11.6 Å². The summed E-state index contributed by atoms with van der Waals surface area (Å²) in [6.45, 7) is 0. The summed E-state index contributed by atoms with van der Waals surface area (Å²) < 4.78 is 0. The lowest BCUT2D eigenvalue weighted by molar-refractivity contribution is -0.126. The van der Waals surface area contributed by atoms with Crippen LogP contribution in [0.5, 0.6) is 0 Å². The van der Waals surface area contributed by atoms with Gasteiger partial charge < -0.3 is 0 Å². The lowest BCUT2D eigenvalue weighted by atomic mass is 10.1. The largest absolute Gasteiger partial charge is 0.332 e. The monoisotopic (exact) mass is 266 g/mol. The second-order valence-corrected chi connectivity index (χ2v) is 4.70. The molecule has 100 valence electrons. The summed E-state index contributed by atoms with van der Waals surface area (Å²) in [5.74, 6) is -0.204. The van der Waals surface area contributed by atoms with Gasteiger partial charge in [-0.15, -0.1) is 0 Å². The first kappa shape index (κ1) is 12.4. The minimum absolute atomic E-state index is 0.204. The van der Waals surface area contributed by atoms with Gasteiger partial charge in [0.05, 0.1) is 0 Å². The van der Waals surface area contributed by atoms with Crippen molar-refractivity contribution in [3.05, 3.63) is 66.2 Å². The van der Waals surface area contributed by atoms with Crippen LogP contribution in [-0.4, -0.2) is 23.9 Å². The van der Waals surface area contributed by atoms with E-state index in [4.69, 9.17) is 0 Å². The average Bonchev–Trinajstić information content (AvgIpc) is 2.73. The molecular weight excluding hydrogens is 252 g/mol. The normalized spacial score (nSPS) is 18.8. The molecule has 1 aliphatic rings.